The number of nitrogens with zero attached hydrogens (tertiary/aromatic N) is 4. The van der Waals surface area contributed by atoms with Crippen LogP contribution in [0.4, 0.5) is 11.4 Å². The highest BCUT2D eigenvalue weighted by molar-refractivity contribution is 6.28. The van der Waals surface area contributed by atoms with Gasteiger partial charge in [-0.05, 0) is 62.4 Å². The molecule has 0 N–H and O–H groups in total. The first-order valence-electron chi connectivity index (χ1n) is 16.6. The zero-order valence-corrected chi connectivity index (χ0v) is 28.0. The fourth-order valence-corrected chi connectivity index (χ4v) is 8.49. The van der Waals surface area contributed by atoms with Crippen molar-refractivity contribution in [3.63, 3.8) is 0 Å². The fraction of sp³-hybridized carbons (Fsp3) is 0.316. The smallest absolute Gasteiger partial charge is 0.238 e. The summed E-state index contributed by atoms with van der Waals surface area (Å²) in [7, 11) is 2.81. The van der Waals surface area contributed by atoms with Crippen LogP contribution in [0.25, 0.3) is 0 Å². The van der Waals surface area contributed by atoms with Crippen LogP contribution < -0.4 is 14.5 Å². The summed E-state index contributed by atoms with van der Waals surface area (Å²) in [4.78, 5) is 104. The van der Waals surface area contributed by atoms with Gasteiger partial charge in [0.25, 0.3) is 0 Å². The lowest BCUT2D eigenvalue weighted by Crippen LogP contribution is -2.50. The van der Waals surface area contributed by atoms with Gasteiger partial charge >= 0.3 is 0 Å². The summed E-state index contributed by atoms with van der Waals surface area (Å²) in [5.74, 6) is -7.29. The highest BCUT2D eigenvalue weighted by atomic mass is 16.5. The van der Waals surface area contributed by atoms with Crippen molar-refractivity contribution in [1.29, 1.82) is 0 Å². The van der Waals surface area contributed by atoms with Crippen molar-refractivity contribution in [2.24, 2.45) is 47.3 Å². The molecule has 0 radical (unpaired) electrons. The van der Waals surface area contributed by atoms with Gasteiger partial charge in [0.15, 0.2) is 0 Å². The maximum absolute atomic E-state index is 12.9. The third-order valence-corrected chi connectivity index (χ3v) is 11.2. The number of anilines is 2. The van der Waals surface area contributed by atoms with Gasteiger partial charge in [-0.15, -0.1) is 0 Å². The van der Waals surface area contributed by atoms with Crippen LogP contribution in [-0.4, -0.2) is 71.2 Å². The van der Waals surface area contributed by atoms with Crippen LogP contribution in [-0.2, 0) is 38.4 Å². The highest BCUT2D eigenvalue weighted by Crippen LogP contribution is 2.58. The lowest BCUT2D eigenvalue weighted by molar-refractivity contribution is -0.146. The molecule has 0 aromatic heterocycles. The summed E-state index contributed by atoms with van der Waals surface area (Å²) in [6.07, 6.45) is 0. The molecule has 2 aliphatic carbocycles. The third kappa shape index (κ3) is 4.46. The third-order valence-electron chi connectivity index (χ3n) is 11.2. The van der Waals surface area contributed by atoms with Crippen molar-refractivity contribution in [2.75, 3.05) is 23.9 Å². The topological polar surface area (TPSA) is 159 Å². The number of hydrogen-bond donors (Lipinski definition) is 0. The molecule has 2 saturated carbocycles. The van der Waals surface area contributed by atoms with Gasteiger partial charge < -0.3 is 4.74 Å². The number of carbonyl (C=O) groups excluding carboxylic acids is 8. The highest BCUT2D eigenvalue weighted by Gasteiger charge is 2.74. The Morgan fingerprint density at radius 3 is 0.922 bits per heavy atom. The lowest BCUT2D eigenvalue weighted by Gasteiger charge is -2.36. The molecule has 8 atom stereocenters. The van der Waals surface area contributed by atoms with E-state index in [4.69, 9.17) is 4.74 Å². The number of rotatable bonds is 4. The van der Waals surface area contributed by atoms with Crippen LogP contribution >= 0.6 is 0 Å². The fourth-order valence-electron chi connectivity index (χ4n) is 8.49. The summed E-state index contributed by atoms with van der Waals surface area (Å²) in [6.45, 7) is 3.90. The Balaban J connectivity index is 0.000000152. The molecule has 9 rings (SSSR count). The van der Waals surface area contributed by atoms with Crippen molar-refractivity contribution < 1.29 is 43.1 Å². The van der Waals surface area contributed by atoms with Crippen LogP contribution in [0.1, 0.15) is 11.1 Å². The van der Waals surface area contributed by atoms with Gasteiger partial charge in [-0.25, -0.2) is 0 Å². The molecule has 8 unspecified atom stereocenters. The number of likely N-dealkylation sites (tertiary alicyclic amines) is 2. The first-order chi connectivity index (χ1) is 24.3. The molecule has 6 aliphatic rings. The molecule has 3 aromatic rings. The van der Waals surface area contributed by atoms with Gasteiger partial charge in [-0.3, -0.25) is 58.0 Å². The first-order valence-corrected chi connectivity index (χ1v) is 16.6. The SMILES string of the molecule is Cc1ccc(N2C(=O)C3C4C(=O)N(C)C(=O)C4C3C2=O)cc1.Cc1ccc(Oc2ccc(N3C(=O)C4C5C(=O)N(C)C(=O)C5C4C3=O)cc2)cc1. The Hall–Kier alpha value is -5.98. The monoisotopic (exact) mass is 688 g/mol. The number of imide groups is 4. The number of hydrogen-bond acceptors (Lipinski definition) is 9. The van der Waals surface area contributed by atoms with Crippen molar-refractivity contribution in [2.45, 2.75) is 13.8 Å². The van der Waals surface area contributed by atoms with Crippen molar-refractivity contribution in [3.05, 3.63) is 83.9 Å². The van der Waals surface area contributed by atoms with E-state index in [1.165, 1.54) is 14.1 Å². The minimum Gasteiger partial charge on any atom is -0.457 e. The van der Waals surface area contributed by atoms with Crippen LogP contribution in [0.15, 0.2) is 72.8 Å². The molecule has 8 amide bonds. The maximum atomic E-state index is 12.9. The second-order valence-corrected chi connectivity index (χ2v) is 13.9. The molecule has 51 heavy (non-hydrogen) atoms. The van der Waals surface area contributed by atoms with E-state index in [0.29, 0.717) is 22.9 Å². The van der Waals surface area contributed by atoms with E-state index in [-0.39, 0.29) is 35.4 Å². The summed E-state index contributed by atoms with van der Waals surface area (Å²) in [5.41, 5.74) is 3.06. The second kappa shape index (κ2) is 11.3. The molecule has 4 saturated heterocycles. The predicted octanol–water partition coefficient (Wildman–Crippen LogP) is 2.48. The largest absolute Gasteiger partial charge is 0.457 e. The summed E-state index contributed by atoms with van der Waals surface area (Å²) in [6, 6.07) is 21.3. The number of amides is 8. The molecule has 0 spiro atoms. The quantitative estimate of drug-likeness (QED) is 0.376. The van der Waals surface area contributed by atoms with Crippen LogP contribution in [0, 0.1) is 61.2 Å². The first kappa shape index (κ1) is 32.2. The van der Waals surface area contributed by atoms with E-state index in [0.717, 1.165) is 30.7 Å². The zero-order valence-electron chi connectivity index (χ0n) is 28.0. The molecule has 13 heteroatoms. The minimum atomic E-state index is -0.739. The molecule has 3 aromatic carbocycles. The molecule has 4 aliphatic heterocycles. The van der Waals surface area contributed by atoms with E-state index < -0.39 is 59.2 Å². The Kier molecular flexibility index (Phi) is 7.12. The normalized spacial score (nSPS) is 30.1. The van der Waals surface area contributed by atoms with Gasteiger partial charge in [-0.1, -0.05) is 35.4 Å². The van der Waals surface area contributed by atoms with Gasteiger partial charge in [0.1, 0.15) is 11.5 Å². The van der Waals surface area contributed by atoms with Crippen LogP contribution in [0.2, 0.25) is 0 Å². The number of ether oxygens (including phenoxy) is 1. The number of carbonyl (C=O) groups is 8. The number of benzene rings is 3. The molecule has 4 heterocycles. The van der Waals surface area contributed by atoms with Crippen LogP contribution in [0.3, 0.4) is 0 Å². The van der Waals surface area contributed by atoms with Gasteiger partial charge in [0.2, 0.25) is 47.3 Å². The zero-order chi connectivity index (χ0) is 36.2. The van der Waals surface area contributed by atoms with Gasteiger partial charge in [0.05, 0.1) is 58.7 Å². The summed E-state index contributed by atoms with van der Waals surface area (Å²) >= 11 is 0. The standard InChI is InChI=1S/C22H18N2O5.C16H14N2O4/c1-11-3-7-13(8-4-11)29-14-9-5-12(6-10-14)24-21(27)17-15-16(18(17)22(24)28)20(26)23(2)19(15)25;1-7-3-5-8(6-4-7)18-15(21)11-9-10(12(11)16(18)22)14(20)17(2)13(9)19/h3-10,15-18H,1-2H3;3-6,9-12H,1-2H3. The molecule has 0 bridgehead atoms. The Morgan fingerprint density at radius 1 is 0.373 bits per heavy atom. The minimum absolute atomic E-state index is 0.344. The summed E-state index contributed by atoms with van der Waals surface area (Å²) < 4.78 is 5.78. The van der Waals surface area contributed by atoms with E-state index in [9.17, 15) is 38.4 Å². The van der Waals surface area contributed by atoms with Crippen molar-refractivity contribution in [1.82, 2.24) is 9.80 Å². The van der Waals surface area contributed by atoms with E-state index >= 15 is 0 Å². The van der Waals surface area contributed by atoms with Gasteiger partial charge in [-0.2, -0.15) is 0 Å². The number of aryl methyl sites for hydroxylation is 2. The van der Waals surface area contributed by atoms with E-state index in [1.807, 2.05) is 50.2 Å². The summed E-state index contributed by atoms with van der Waals surface area (Å²) in [5, 5.41) is 0. The predicted molar refractivity (Wildman–Crippen MR) is 177 cm³/mol. The lowest BCUT2D eigenvalue weighted by atomic mass is 9.59. The molecule has 258 valence electrons. The molecule has 13 nitrogen and oxygen atoms in total. The second-order valence-electron chi connectivity index (χ2n) is 13.9. The molecule has 6 fully saturated rings. The molecular formula is C38H32N4O9. The van der Waals surface area contributed by atoms with E-state index in [1.54, 1.807) is 36.4 Å². The average molecular weight is 689 g/mol. The maximum Gasteiger partial charge on any atom is 0.238 e. The van der Waals surface area contributed by atoms with Crippen molar-refractivity contribution in [3.8, 4) is 11.5 Å². The van der Waals surface area contributed by atoms with Crippen molar-refractivity contribution >= 4 is 58.6 Å². The Labute approximate surface area is 291 Å². The average Bonchev–Trinajstić information content (AvgIpc) is 3.57. The Bertz CT molecular complexity index is 2010. The number of fused-ring (bicyclic) bond motifs is 8. The molecular weight excluding hydrogens is 656 g/mol. The van der Waals surface area contributed by atoms with E-state index in [2.05, 4.69) is 0 Å². The van der Waals surface area contributed by atoms with Gasteiger partial charge in [0, 0.05) is 14.1 Å². The Morgan fingerprint density at radius 2 is 0.608 bits per heavy atom. The van der Waals surface area contributed by atoms with Crippen LogP contribution in [0.5, 0.6) is 11.5 Å².